The fraction of sp³-hybridized carbons (Fsp3) is 0.571. The second kappa shape index (κ2) is 6.01. The summed E-state index contributed by atoms with van der Waals surface area (Å²) >= 11 is 0. The van der Waals surface area contributed by atoms with Crippen molar-refractivity contribution in [2.75, 3.05) is 6.54 Å². The van der Waals surface area contributed by atoms with E-state index in [-0.39, 0.29) is 11.4 Å². The van der Waals surface area contributed by atoms with Gasteiger partial charge in [0.1, 0.15) is 5.60 Å². The third-order valence-electron chi connectivity index (χ3n) is 2.81. The van der Waals surface area contributed by atoms with Gasteiger partial charge in [0.15, 0.2) is 11.6 Å². The van der Waals surface area contributed by atoms with Crippen LogP contribution in [0.5, 0.6) is 5.75 Å². The maximum atomic E-state index is 13.8. The normalized spacial score (nSPS) is 11.6. The molecular weight excluding hydrogens is 217 g/mol. The lowest BCUT2D eigenvalue weighted by Gasteiger charge is -2.25. The topological polar surface area (TPSA) is 21.3 Å². The highest BCUT2D eigenvalue weighted by Crippen LogP contribution is 2.24. The van der Waals surface area contributed by atoms with E-state index in [4.69, 9.17) is 4.74 Å². The molecule has 1 aromatic carbocycles. The Morgan fingerprint density at radius 3 is 2.53 bits per heavy atom. The van der Waals surface area contributed by atoms with Gasteiger partial charge in [0.25, 0.3) is 0 Å². The average molecular weight is 239 g/mol. The molecule has 0 aliphatic rings. The fourth-order valence-electron chi connectivity index (χ4n) is 1.38. The molecule has 17 heavy (non-hydrogen) atoms. The summed E-state index contributed by atoms with van der Waals surface area (Å²) in [5.41, 5.74) is 0.607. The SMILES string of the molecule is CCNCc1ccc(OC(C)(C)CC)c(F)c1. The third kappa shape index (κ3) is 4.35. The van der Waals surface area contributed by atoms with Crippen LogP contribution in [0.15, 0.2) is 18.2 Å². The molecule has 0 radical (unpaired) electrons. The van der Waals surface area contributed by atoms with Crippen molar-refractivity contribution in [3.05, 3.63) is 29.6 Å². The highest BCUT2D eigenvalue weighted by Gasteiger charge is 2.18. The molecule has 0 amide bonds. The zero-order valence-corrected chi connectivity index (χ0v) is 11.1. The Hall–Kier alpha value is -1.09. The van der Waals surface area contributed by atoms with E-state index < -0.39 is 0 Å². The van der Waals surface area contributed by atoms with E-state index in [1.807, 2.05) is 33.8 Å². The Balaban J connectivity index is 2.76. The van der Waals surface area contributed by atoms with Crippen molar-refractivity contribution in [2.24, 2.45) is 0 Å². The molecule has 1 aromatic rings. The molecule has 0 aliphatic heterocycles. The molecular formula is C14H22FNO. The lowest BCUT2D eigenvalue weighted by Crippen LogP contribution is -2.27. The van der Waals surface area contributed by atoms with Crippen LogP contribution in [0, 0.1) is 5.82 Å². The predicted molar refractivity (Wildman–Crippen MR) is 68.8 cm³/mol. The monoisotopic (exact) mass is 239 g/mol. The van der Waals surface area contributed by atoms with E-state index in [9.17, 15) is 4.39 Å². The minimum atomic E-state index is -0.329. The van der Waals surface area contributed by atoms with E-state index in [2.05, 4.69) is 5.32 Å². The average Bonchev–Trinajstić information content (AvgIpc) is 2.29. The number of ether oxygens (including phenoxy) is 1. The molecule has 2 nitrogen and oxygen atoms in total. The predicted octanol–water partition coefficient (Wildman–Crippen LogP) is 3.50. The number of halogens is 1. The molecule has 0 spiro atoms. The van der Waals surface area contributed by atoms with Crippen molar-refractivity contribution >= 4 is 0 Å². The highest BCUT2D eigenvalue weighted by atomic mass is 19.1. The first kappa shape index (κ1) is 14.0. The summed E-state index contributed by atoms with van der Waals surface area (Å²) in [6.45, 7) is 9.53. The number of hydrogen-bond donors (Lipinski definition) is 1. The van der Waals surface area contributed by atoms with Gasteiger partial charge in [-0.1, -0.05) is 19.9 Å². The Bertz CT molecular complexity index is 363. The molecule has 0 fully saturated rings. The second-order valence-electron chi connectivity index (χ2n) is 4.76. The molecule has 96 valence electrons. The molecule has 0 aliphatic carbocycles. The van der Waals surface area contributed by atoms with Gasteiger partial charge >= 0.3 is 0 Å². The molecule has 0 heterocycles. The summed E-state index contributed by atoms with van der Waals surface area (Å²) in [7, 11) is 0. The Morgan fingerprint density at radius 2 is 2.00 bits per heavy atom. The maximum Gasteiger partial charge on any atom is 0.165 e. The molecule has 0 bridgehead atoms. The Morgan fingerprint density at radius 1 is 1.29 bits per heavy atom. The molecule has 0 saturated carbocycles. The van der Waals surface area contributed by atoms with Crippen LogP contribution in [0.25, 0.3) is 0 Å². The van der Waals surface area contributed by atoms with Crippen molar-refractivity contribution < 1.29 is 9.13 Å². The summed E-state index contributed by atoms with van der Waals surface area (Å²) in [4.78, 5) is 0. The summed E-state index contributed by atoms with van der Waals surface area (Å²) in [5, 5.41) is 3.16. The first-order chi connectivity index (χ1) is 7.98. The lowest BCUT2D eigenvalue weighted by molar-refractivity contribution is 0.0994. The molecule has 3 heteroatoms. The lowest BCUT2D eigenvalue weighted by atomic mass is 10.1. The van der Waals surface area contributed by atoms with Crippen LogP contribution < -0.4 is 10.1 Å². The molecule has 0 aromatic heterocycles. The first-order valence-corrected chi connectivity index (χ1v) is 6.16. The van der Waals surface area contributed by atoms with E-state index in [0.717, 1.165) is 18.5 Å². The zero-order chi connectivity index (χ0) is 12.9. The van der Waals surface area contributed by atoms with Crippen molar-refractivity contribution in [3.63, 3.8) is 0 Å². The van der Waals surface area contributed by atoms with E-state index in [0.29, 0.717) is 12.3 Å². The van der Waals surface area contributed by atoms with Gasteiger partial charge in [-0.25, -0.2) is 4.39 Å². The van der Waals surface area contributed by atoms with E-state index >= 15 is 0 Å². The van der Waals surface area contributed by atoms with Gasteiger partial charge in [0.2, 0.25) is 0 Å². The molecule has 0 unspecified atom stereocenters. The Kier molecular flexibility index (Phi) is 4.94. The number of rotatable bonds is 6. The van der Waals surface area contributed by atoms with Crippen LogP contribution in [0.2, 0.25) is 0 Å². The van der Waals surface area contributed by atoms with E-state index in [1.54, 1.807) is 6.07 Å². The largest absolute Gasteiger partial charge is 0.485 e. The van der Waals surface area contributed by atoms with Crippen molar-refractivity contribution in [3.8, 4) is 5.75 Å². The van der Waals surface area contributed by atoms with Gasteiger partial charge < -0.3 is 10.1 Å². The van der Waals surface area contributed by atoms with Crippen molar-refractivity contribution in [1.29, 1.82) is 0 Å². The van der Waals surface area contributed by atoms with Gasteiger partial charge in [0, 0.05) is 6.54 Å². The summed E-state index contributed by atoms with van der Waals surface area (Å²) in [6.07, 6.45) is 0.839. The molecule has 1 N–H and O–H groups in total. The zero-order valence-electron chi connectivity index (χ0n) is 11.1. The van der Waals surface area contributed by atoms with Gasteiger partial charge in [-0.3, -0.25) is 0 Å². The van der Waals surface area contributed by atoms with Crippen LogP contribution in [-0.2, 0) is 6.54 Å². The van der Waals surface area contributed by atoms with Crippen LogP contribution >= 0.6 is 0 Å². The van der Waals surface area contributed by atoms with Crippen molar-refractivity contribution in [2.45, 2.75) is 46.3 Å². The van der Waals surface area contributed by atoms with Crippen molar-refractivity contribution in [1.82, 2.24) is 5.32 Å². The molecule has 1 rings (SSSR count). The van der Waals surface area contributed by atoms with Crippen LogP contribution in [0.1, 0.15) is 39.7 Å². The third-order valence-corrected chi connectivity index (χ3v) is 2.81. The number of benzene rings is 1. The summed E-state index contributed by atoms with van der Waals surface area (Å²) < 4.78 is 19.4. The smallest absolute Gasteiger partial charge is 0.165 e. The van der Waals surface area contributed by atoms with E-state index in [1.165, 1.54) is 6.07 Å². The number of nitrogens with one attached hydrogen (secondary N) is 1. The van der Waals surface area contributed by atoms with Gasteiger partial charge in [0.05, 0.1) is 0 Å². The fourth-order valence-corrected chi connectivity index (χ4v) is 1.38. The quantitative estimate of drug-likeness (QED) is 0.820. The second-order valence-corrected chi connectivity index (χ2v) is 4.76. The minimum Gasteiger partial charge on any atom is -0.485 e. The first-order valence-electron chi connectivity index (χ1n) is 6.16. The van der Waals surface area contributed by atoms with Crippen LogP contribution in [0.3, 0.4) is 0 Å². The van der Waals surface area contributed by atoms with Crippen LogP contribution in [-0.4, -0.2) is 12.1 Å². The van der Waals surface area contributed by atoms with Gasteiger partial charge in [-0.2, -0.15) is 0 Å². The molecule has 0 atom stereocenters. The highest BCUT2D eigenvalue weighted by molar-refractivity contribution is 5.29. The summed E-state index contributed by atoms with van der Waals surface area (Å²) in [6, 6.07) is 5.13. The van der Waals surface area contributed by atoms with Crippen LogP contribution in [0.4, 0.5) is 4.39 Å². The summed E-state index contributed by atoms with van der Waals surface area (Å²) in [5.74, 6) is 0.0408. The Labute approximate surface area is 103 Å². The van der Waals surface area contributed by atoms with Gasteiger partial charge in [-0.05, 0) is 44.5 Å². The van der Waals surface area contributed by atoms with Gasteiger partial charge in [-0.15, -0.1) is 0 Å². The molecule has 0 saturated heterocycles. The minimum absolute atomic E-state index is 0.290. The maximum absolute atomic E-state index is 13.8. The number of hydrogen-bond acceptors (Lipinski definition) is 2. The standard InChI is InChI=1S/C14H22FNO/c1-5-14(3,4)17-13-8-7-11(9-12(13)15)10-16-6-2/h7-9,16H,5-6,10H2,1-4H3.